The van der Waals surface area contributed by atoms with E-state index in [9.17, 15) is 31.2 Å². The number of aryl methyl sites for hydroxylation is 2. The number of benzene rings is 2. The third-order valence-corrected chi connectivity index (χ3v) is 10.9. The number of halogens is 3. The average molecular weight is 635 g/mol. The van der Waals surface area contributed by atoms with E-state index in [0.717, 1.165) is 42.5 Å². The number of aliphatic hydroxyl groups excluding tert-OH is 1. The molecule has 9 nitrogen and oxygen atoms in total. The van der Waals surface area contributed by atoms with Crippen molar-refractivity contribution in [3.8, 4) is 0 Å². The van der Waals surface area contributed by atoms with Crippen molar-refractivity contribution >= 4 is 27.7 Å². The molecule has 0 atom stereocenters. The number of carbonyl (C=O) groups excluding carboxylic acids is 2. The van der Waals surface area contributed by atoms with Crippen LogP contribution in [0.4, 0.5) is 13.2 Å². The summed E-state index contributed by atoms with van der Waals surface area (Å²) in [5.74, 6) is -0.141. The Kier molecular flexibility index (Phi) is 9.20. The molecule has 0 unspecified atom stereocenters. The Hall–Kier alpha value is -3.29. The molecule has 2 amide bonds. The fraction of sp³-hybridized carbons (Fsp3) is 0.516. The van der Waals surface area contributed by atoms with Gasteiger partial charge in [0.15, 0.2) is 0 Å². The van der Waals surface area contributed by atoms with Gasteiger partial charge in [0.2, 0.25) is 10.0 Å². The quantitative estimate of drug-likeness (QED) is 0.461. The van der Waals surface area contributed by atoms with Gasteiger partial charge in [-0.3, -0.25) is 14.6 Å². The lowest BCUT2D eigenvalue weighted by Crippen LogP contribution is -2.50. The van der Waals surface area contributed by atoms with Gasteiger partial charge >= 0.3 is 6.18 Å². The maximum Gasteiger partial charge on any atom is 0.416 e. The number of rotatable bonds is 8. The molecule has 2 fully saturated rings. The first kappa shape index (κ1) is 32.1. The van der Waals surface area contributed by atoms with Gasteiger partial charge < -0.3 is 15.3 Å². The number of aliphatic imine (C=N–C) groups is 1. The van der Waals surface area contributed by atoms with E-state index in [1.807, 2.05) is 11.8 Å². The van der Waals surface area contributed by atoms with E-state index in [1.165, 1.54) is 16.4 Å². The molecule has 0 aliphatic carbocycles. The summed E-state index contributed by atoms with van der Waals surface area (Å²) in [6.45, 7) is 3.45. The molecule has 3 heterocycles. The number of amidine groups is 1. The van der Waals surface area contributed by atoms with Crippen molar-refractivity contribution in [2.75, 3.05) is 38.5 Å². The smallest absolute Gasteiger partial charge is 0.396 e. The monoisotopic (exact) mass is 634 g/mol. The molecule has 3 aliphatic heterocycles. The SMILES string of the molecule is Cc1cc(C(=O)N2CCC(CCO)CC2)ccc1CCS(=O)(=O)N1CCC2(CC1)N=C(c1cccc(C(F)(F)F)c1)NC2=O. The van der Waals surface area contributed by atoms with E-state index >= 15 is 0 Å². The van der Waals surface area contributed by atoms with Crippen LogP contribution in [0.3, 0.4) is 0 Å². The van der Waals surface area contributed by atoms with Crippen molar-refractivity contribution < 1.29 is 36.3 Å². The van der Waals surface area contributed by atoms with Crippen molar-refractivity contribution in [2.45, 2.75) is 57.2 Å². The topological polar surface area (TPSA) is 119 Å². The second-order valence-corrected chi connectivity index (χ2v) is 14.0. The van der Waals surface area contributed by atoms with E-state index in [4.69, 9.17) is 5.11 Å². The molecular weight excluding hydrogens is 597 g/mol. The standard InChI is InChI=1S/C31H37F3N4O5S/c1-21-19-25(28(40)37-13-7-22(8-14-37)9-17-39)6-5-23(21)10-18-44(42,43)38-15-11-30(12-16-38)29(41)35-27(36-30)24-3-2-4-26(20-24)31(32,33)34/h2-6,19-20,22,39H,7-18H2,1H3,(H,35,36,41). The van der Waals surface area contributed by atoms with Crippen LogP contribution < -0.4 is 5.32 Å². The van der Waals surface area contributed by atoms with E-state index in [0.29, 0.717) is 24.6 Å². The lowest BCUT2D eigenvalue weighted by Gasteiger charge is -2.34. The van der Waals surface area contributed by atoms with Crippen molar-refractivity contribution in [3.63, 3.8) is 0 Å². The summed E-state index contributed by atoms with van der Waals surface area (Å²) in [7, 11) is -3.67. The lowest BCUT2D eigenvalue weighted by atomic mass is 9.89. The van der Waals surface area contributed by atoms with Gasteiger partial charge in [-0.2, -0.15) is 13.2 Å². The number of carbonyl (C=O) groups is 2. The number of piperidine rings is 2. The summed E-state index contributed by atoms with van der Waals surface area (Å²) < 4.78 is 67.3. The van der Waals surface area contributed by atoms with Crippen molar-refractivity contribution in [2.24, 2.45) is 10.9 Å². The number of sulfonamides is 1. The van der Waals surface area contributed by atoms with Crippen LogP contribution in [0.2, 0.25) is 0 Å². The Morgan fingerprint density at radius 1 is 1.09 bits per heavy atom. The first-order chi connectivity index (χ1) is 20.8. The molecule has 2 aromatic rings. The second-order valence-electron chi connectivity index (χ2n) is 11.9. The van der Waals surface area contributed by atoms with Crippen LogP contribution in [0.5, 0.6) is 0 Å². The molecule has 5 rings (SSSR count). The molecule has 238 valence electrons. The molecule has 13 heteroatoms. The normalized spacial score (nSPS) is 19.7. The van der Waals surface area contributed by atoms with Gasteiger partial charge in [0.1, 0.15) is 11.4 Å². The van der Waals surface area contributed by atoms with Crippen LogP contribution in [0.1, 0.15) is 64.7 Å². The number of alkyl halides is 3. The minimum atomic E-state index is -4.53. The highest BCUT2D eigenvalue weighted by molar-refractivity contribution is 7.89. The van der Waals surface area contributed by atoms with Crippen molar-refractivity contribution in [3.05, 3.63) is 70.3 Å². The summed E-state index contributed by atoms with van der Waals surface area (Å²) in [4.78, 5) is 32.2. The molecule has 2 aromatic carbocycles. The maximum absolute atomic E-state index is 13.2. The Labute approximate surface area is 255 Å². The van der Waals surface area contributed by atoms with Crippen LogP contribution in [-0.2, 0) is 27.4 Å². The molecule has 1 spiro atoms. The Balaban J connectivity index is 1.18. The third-order valence-electron chi connectivity index (χ3n) is 9.04. The van der Waals surface area contributed by atoms with Crippen molar-refractivity contribution in [1.82, 2.24) is 14.5 Å². The van der Waals surface area contributed by atoms with E-state index < -0.39 is 33.2 Å². The number of amides is 2. The van der Waals surface area contributed by atoms with Gasteiger partial charge in [-0.15, -0.1) is 0 Å². The number of nitrogens with zero attached hydrogens (tertiary/aromatic N) is 3. The average Bonchev–Trinajstić information content (AvgIpc) is 3.31. The van der Waals surface area contributed by atoms with Crippen LogP contribution in [0, 0.1) is 12.8 Å². The maximum atomic E-state index is 13.2. The fourth-order valence-electron chi connectivity index (χ4n) is 6.24. The van der Waals surface area contributed by atoms with E-state index in [1.54, 1.807) is 18.2 Å². The largest absolute Gasteiger partial charge is 0.416 e. The highest BCUT2D eigenvalue weighted by Crippen LogP contribution is 2.34. The molecule has 2 N–H and O–H groups in total. The fourth-order valence-corrected chi connectivity index (χ4v) is 7.71. The summed E-state index contributed by atoms with van der Waals surface area (Å²) >= 11 is 0. The number of aliphatic hydroxyl groups is 1. The minimum Gasteiger partial charge on any atom is -0.396 e. The summed E-state index contributed by atoms with van der Waals surface area (Å²) in [5, 5.41) is 11.7. The van der Waals surface area contributed by atoms with Gasteiger partial charge in [0, 0.05) is 43.9 Å². The lowest BCUT2D eigenvalue weighted by molar-refractivity contribution is -0.137. The van der Waals surface area contributed by atoms with Crippen LogP contribution >= 0.6 is 0 Å². The van der Waals surface area contributed by atoms with Crippen LogP contribution in [0.25, 0.3) is 0 Å². The van der Waals surface area contributed by atoms with E-state index in [2.05, 4.69) is 10.3 Å². The zero-order valence-electron chi connectivity index (χ0n) is 24.6. The first-order valence-corrected chi connectivity index (χ1v) is 16.5. The zero-order valence-corrected chi connectivity index (χ0v) is 25.4. The van der Waals surface area contributed by atoms with Gasteiger partial charge in [0.25, 0.3) is 11.8 Å². The van der Waals surface area contributed by atoms with Crippen LogP contribution in [-0.4, -0.2) is 84.5 Å². The highest BCUT2D eigenvalue weighted by Gasteiger charge is 2.47. The number of nitrogens with one attached hydrogen (secondary N) is 1. The van der Waals surface area contributed by atoms with Crippen LogP contribution in [0.15, 0.2) is 47.5 Å². The van der Waals surface area contributed by atoms with Crippen molar-refractivity contribution in [1.29, 1.82) is 0 Å². The molecular formula is C31H37F3N4O5S. The summed E-state index contributed by atoms with van der Waals surface area (Å²) in [6.07, 6.45) is -1.55. The second kappa shape index (κ2) is 12.6. The predicted octanol–water partition coefficient (Wildman–Crippen LogP) is 3.53. The Morgan fingerprint density at radius 3 is 2.43 bits per heavy atom. The Morgan fingerprint density at radius 2 is 1.80 bits per heavy atom. The number of hydrogen-bond acceptors (Lipinski definition) is 6. The zero-order chi connectivity index (χ0) is 31.7. The van der Waals surface area contributed by atoms with E-state index in [-0.39, 0.29) is 62.0 Å². The predicted molar refractivity (Wildman–Crippen MR) is 159 cm³/mol. The molecule has 0 aromatic heterocycles. The van der Waals surface area contributed by atoms with Gasteiger partial charge in [0.05, 0.1) is 11.3 Å². The van der Waals surface area contributed by atoms with Gasteiger partial charge in [-0.05, 0) is 86.8 Å². The molecule has 0 radical (unpaired) electrons. The van der Waals surface area contributed by atoms with Gasteiger partial charge in [-0.1, -0.05) is 18.2 Å². The number of likely N-dealkylation sites (tertiary alicyclic amines) is 1. The van der Waals surface area contributed by atoms with Gasteiger partial charge in [-0.25, -0.2) is 12.7 Å². The Bertz CT molecular complexity index is 1540. The molecule has 0 saturated carbocycles. The highest BCUT2D eigenvalue weighted by atomic mass is 32.2. The summed E-state index contributed by atoms with van der Waals surface area (Å²) in [6, 6.07) is 9.92. The molecule has 3 aliphatic rings. The molecule has 2 saturated heterocycles. The minimum absolute atomic E-state index is 0.0493. The molecule has 44 heavy (non-hydrogen) atoms. The molecule has 0 bridgehead atoms. The third kappa shape index (κ3) is 6.84. The number of hydrogen-bond donors (Lipinski definition) is 2. The first-order valence-electron chi connectivity index (χ1n) is 14.9. The summed E-state index contributed by atoms with van der Waals surface area (Å²) in [5.41, 5.74) is 0.300.